The van der Waals surface area contributed by atoms with Crippen molar-refractivity contribution in [1.82, 2.24) is 15.5 Å². The molecule has 0 saturated heterocycles. The fourth-order valence-electron chi connectivity index (χ4n) is 2.63. The van der Waals surface area contributed by atoms with Gasteiger partial charge in [-0.3, -0.25) is 0 Å². The van der Waals surface area contributed by atoms with Gasteiger partial charge in [0.05, 0.1) is 0 Å². The Morgan fingerprint density at radius 1 is 1.32 bits per heavy atom. The van der Waals surface area contributed by atoms with Crippen LogP contribution < -0.4 is 10.2 Å². The second-order valence-corrected chi connectivity index (χ2v) is 6.08. The summed E-state index contributed by atoms with van der Waals surface area (Å²) in [5.74, 6) is 0. The van der Waals surface area contributed by atoms with E-state index in [4.69, 9.17) is 0 Å². The molecule has 0 amide bonds. The number of aryl methyl sites for hydroxylation is 1. The molecule has 0 saturated carbocycles. The molecule has 100 valence electrons. The monoisotopic (exact) mass is 274 g/mol. The maximum atomic E-state index is 4.31. The molecule has 3 rings (SSSR count). The maximum absolute atomic E-state index is 4.31. The number of benzene rings is 1. The first-order valence-electron chi connectivity index (χ1n) is 6.56. The predicted molar refractivity (Wildman–Crippen MR) is 78.7 cm³/mol. The van der Waals surface area contributed by atoms with Crippen LogP contribution in [0.2, 0.25) is 0 Å². The fourth-order valence-corrected chi connectivity index (χ4v) is 3.39. The van der Waals surface area contributed by atoms with Gasteiger partial charge in [-0.25, -0.2) is 0 Å². The van der Waals surface area contributed by atoms with E-state index in [0.29, 0.717) is 6.04 Å². The van der Waals surface area contributed by atoms with E-state index in [2.05, 4.69) is 44.7 Å². The summed E-state index contributed by atoms with van der Waals surface area (Å²) in [5.41, 5.74) is 2.86. The summed E-state index contributed by atoms with van der Waals surface area (Å²) in [6, 6.07) is 9.14. The summed E-state index contributed by atoms with van der Waals surface area (Å²) in [5, 5.41) is 13.8. The van der Waals surface area contributed by atoms with Crippen molar-refractivity contribution in [2.45, 2.75) is 25.9 Å². The van der Waals surface area contributed by atoms with Gasteiger partial charge in [-0.05, 0) is 31.5 Å². The quantitative estimate of drug-likeness (QED) is 0.929. The van der Waals surface area contributed by atoms with Gasteiger partial charge < -0.3 is 10.2 Å². The highest BCUT2D eigenvalue weighted by Crippen LogP contribution is 2.30. The van der Waals surface area contributed by atoms with Crippen molar-refractivity contribution in [3.05, 3.63) is 40.4 Å². The lowest BCUT2D eigenvalue weighted by atomic mass is 9.94. The average Bonchev–Trinajstić information content (AvgIpc) is 2.85. The zero-order valence-corrected chi connectivity index (χ0v) is 12.1. The van der Waals surface area contributed by atoms with Gasteiger partial charge >= 0.3 is 0 Å². The molecular formula is C14H18N4S. The first-order valence-corrected chi connectivity index (χ1v) is 7.37. The summed E-state index contributed by atoms with van der Waals surface area (Å²) >= 11 is 1.67. The minimum atomic E-state index is 0.451. The van der Waals surface area contributed by atoms with E-state index in [1.165, 1.54) is 11.1 Å². The molecule has 0 aliphatic carbocycles. The number of likely N-dealkylation sites (N-methyl/N-ethyl adjacent to an activating group) is 1. The second-order valence-electron chi connectivity index (χ2n) is 4.92. The Balaban J connectivity index is 1.93. The smallest absolute Gasteiger partial charge is 0.208 e. The van der Waals surface area contributed by atoms with Crippen LogP contribution in [0.1, 0.15) is 16.1 Å². The molecule has 2 heterocycles. The van der Waals surface area contributed by atoms with Crippen molar-refractivity contribution >= 4 is 16.5 Å². The van der Waals surface area contributed by atoms with Gasteiger partial charge in [0.2, 0.25) is 5.13 Å². The number of hydrogen-bond donors (Lipinski definition) is 1. The van der Waals surface area contributed by atoms with Crippen molar-refractivity contribution in [3.8, 4) is 0 Å². The summed E-state index contributed by atoms with van der Waals surface area (Å²) in [6.45, 7) is 3.90. The molecule has 19 heavy (non-hydrogen) atoms. The van der Waals surface area contributed by atoms with E-state index in [-0.39, 0.29) is 0 Å². The van der Waals surface area contributed by atoms with Crippen LogP contribution in [-0.4, -0.2) is 29.8 Å². The molecule has 0 spiro atoms. The summed E-state index contributed by atoms with van der Waals surface area (Å²) in [4.78, 5) is 2.38. The third-order valence-corrected chi connectivity index (χ3v) is 4.43. The average molecular weight is 274 g/mol. The van der Waals surface area contributed by atoms with Crippen LogP contribution in [0.3, 0.4) is 0 Å². The highest BCUT2D eigenvalue weighted by atomic mass is 32.1. The van der Waals surface area contributed by atoms with Crippen LogP contribution in [0.15, 0.2) is 24.3 Å². The van der Waals surface area contributed by atoms with Gasteiger partial charge in [0.1, 0.15) is 5.01 Å². The van der Waals surface area contributed by atoms with E-state index in [1.807, 2.05) is 14.0 Å². The Hall–Kier alpha value is -1.46. The molecule has 1 unspecified atom stereocenters. The highest BCUT2D eigenvalue weighted by molar-refractivity contribution is 7.15. The number of fused-ring (bicyclic) bond motifs is 1. The van der Waals surface area contributed by atoms with Crippen LogP contribution in [0.5, 0.6) is 0 Å². The van der Waals surface area contributed by atoms with Gasteiger partial charge in [-0.2, -0.15) is 0 Å². The van der Waals surface area contributed by atoms with Crippen LogP contribution in [-0.2, 0) is 13.0 Å². The number of rotatable bonds is 3. The zero-order valence-electron chi connectivity index (χ0n) is 11.3. The fraction of sp³-hybridized carbons (Fsp3) is 0.429. The molecule has 1 aromatic carbocycles. The Labute approximate surface area is 117 Å². The SMILES string of the molecule is CNCC1Cc2ccccc2CN1c1nnc(C)s1. The molecular weight excluding hydrogens is 256 g/mol. The first-order chi connectivity index (χ1) is 9.28. The minimum Gasteiger partial charge on any atom is -0.338 e. The first kappa shape index (κ1) is 12.6. The van der Waals surface area contributed by atoms with Crippen molar-refractivity contribution < 1.29 is 0 Å². The summed E-state index contributed by atoms with van der Waals surface area (Å²) in [7, 11) is 2.00. The van der Waals surface area contributed by atoms with Gasteiger partial charge in [-0.1, -0.05) is 35.6 Å². The molecule has 5 heteroatoms. The lowest BCUT2D eigenvalue weighted by Crippen LogP contribution is -2.45. The van der Waals surface area contributed by atoms with E-state index in [0.717, 1.165) is 29.6 Å². The lowest BCUT2D eigenvalue weighted by Gasteiger charge is -2.36. The van der Waals surface area contributed by atoms with E-state index < -0.39 is 0 Å². The molecule has 1 aliphatic heterocycles. The third kappa shape index (κ3) is 2.48. The molecule has 0 radical (unpaired) electrons. The standard InChI is InChI=1S/C14H18N4S/c1-10-16-17-14(19-10)18-9-12-6-4-3-5-11(12)7-13(18)8-15-2/h3-6,13,15H,7-9H2,1-2H3. The molecule has 1 N–H and O–H groups in total. The predicted octanol–water partition coefficient (Wildman–Crippen LogP) is 2.00. The summed E-state index contributed by atoms with van der Waals surface area (Å²) < 4.78 is 0. The van der Waals surface area contributed by atoms with E-state index in [9.17, 15) is 0 Å². The van der Waals surface area contributed by atoms with E-state index >= 15 is 0 Å². The van der Waals surface area contributed by atoms with Crippen molar-refractivity contribution in [3.63, 3.8) is 0 Å². The molecule has 1 aliphatic rings. The van der Waals surface area contributed by atoms with Gasteiger partial charge in [-0.15, -0.1) is 10.2 Å². The number of aromatic nitrogens is 2. The second kappa shape index (κ2) is 5.27. The Morgan fingerprint density at radius 2 is 2.11 bits per heavy atom. The van der Waals surface area contributed by atoms with Gasteiger partial charge in [0.25, 0.3) is 0 Å². The van der Waals surface area contributed by atoms with Crippen LogP contribution >= 0.6 is 11.3 Å². The van der Waals surface area contributed by atoms with Gasteiger partial charge in [0.15, 0.2) is 0 Å². The van der Waals surface area contributed by atoms with Crippen LogP contribution in [0.4, 0.5) is 5.13 Å². The Bertz CT molecular complexity index is 566. The lowest BCUT2D eigenvalue weighted by molar-refractivity contribution is 0.525. The molecule has 4 nitrogen and oxygen atoms in total. The number of nitrogens with one attached hydrogen (secondary N) is 1. The summed E-state index contributed by atoms with van der Waals surface area (Å²) in [6.07, 6.45) is 1.07. The largest absolute Gasteiger partial charge is 0.338 e. The van der Waals surface area contributed by atoms with Crippen molar-refractivity contribution in [2.75, 3.05) is 18.5 Å². The minimum absolute atomic E-state index is 0.451. The Kier molecular flexibility index (Phi) is 3.48. The van der Waals surface area contributed by atoms with Gasteiger partial charge in [0, 0.05) is 19.1 Å². The molecule has 1 atom stereocenters. The van der Waals surface area contributed by atoms with Crippen molar-refractivity contribution in [1.29, 1.82) is 0 Å². The molecule has 0 fully saturated rings. The number of anilines is 1. The number of hydrogen-bond acceptors (Lipinski definition) is 5. The zero-order chi connectivity index (χ0) is 13.2. The third-order valence-electron chi connectivity index (χ3n) is 3.56. The maximum Gasteiger partial charge on any atom is 0.208 e. The topological polar surface area (TPSA) is 41.0 Å². The molecule has 2 aromatic rings. The Morgan fingerprint density at radius 3 is 2.79 bits per heavy atom. The number of nitrogens with zero attached hydrogens (tertiary/aromatic N) is 3. The van der Waals surface area contributed by atoms with Crippen molar-refractivity contribution in [2.24, 2.45) is 0 Å². The normalized spacial score (nSPS) is 18.4. The molecule has 1 aromatic heterocycles. The van der Waals surface area contributed by atoms with Crippen LogP contribution in [0, 0.1) is 6.92 Å². The van der Waals surface area contributed by atoms with Crippen LogP contribution in [0.25, 0.3) is 0 Å². The molecule has 0 bridgehead atoms. The van der Waals surface area contributed by atoms with E-state index in [1.54, 1.807) is 11.3 Å². The highest BCUT2D eigenvalue weighted by Gasteiger charge is 2.27.